The highest BCUT2D eigenvalue weighted by Gasteiger charge is 2.22. The fraction of sp³-hybridized carbons (Fsp3) is 0.312. The lowest BCUT2D eigenvalue weighted by molar-refractivity contribution is -0.128. The van der Waals surface area contributed by atoms with Crippen molar-refractivity contribution in [3.8, 4) is 0 Å². The predicted octanol–water partition coefficient (Wildman–Crippen LogP) is 2.48. The standard InChI is InChI=1S/C16H19NO3S/c1-3-17(4-2)16(18)12-21(19,20)15-10-9-13-7-5-6-8-14(13)11-15/h5-11H,3-4,12H2,1-2H3. The number of amides is 1. The van der Waals surface area contributed by atoms with Gasteiger partial charge in [-0.2, -0.15) is 0 Å². The number of benzene rings is 2. The number of rotatable bonds is 5. The van der Waals surface area contributed by atoms with Crippen LogP contribution in [-0.4, -0.2) is 38.1 Å². The summed E-state index contributed by atoms with van der Waals surface area (Å²) in [5.74, 6) is -0.833. The quantitative estimate of drug-likeness (QED) is 0.853. The molecule has 112 valence electrons. The summed E-state index contributed by atoms with van der Waals surface area (Å²) in [6.45, 7) is 4.71. The first-order valence-corrected chi connectivity index (χ1v) is 8.62. The molecule has 0 aromatic heterocycles. The second-order valence-corrected chi connectivity index (χ2v) is 6.82. The highest BCUT2D eigenvalue weighted by atomic mass is 32.2. The van der Waals surface area contributed by atoms with E-state index < -0.39 is 15.6 Å². The molecule has 0 saturated heterocycles. The van der Waals surface area contributed by atoms with Gasteiger partial charge in [-0.3, -0.25) is 4.79 Å². The summed E-state index contributed by atoms with van der Waals surface area (Å²) in [5.41, 5.74) is 0. The molecular weight excluding hydrogens is 286 g/mol. The molecule has 0 saturated carbocycles. The van der Waals surface area contributed by atoms with Gasteiger partial charge in [-0.25, -0.2) is 8.42 Å². The Morgan fingerprint density at radius 3 is 2.24 bits per heavy atom. The molecule has 0 heterocycles. The lowest BCUT2D eigenvalue weighted by Gasteiger charge is -2.18. The van der Waals surface area contributed by atoms with E-state index in [1.165, 1.54) is 4.90 Å². The monoisotopic (exact) mass is 305 g/mol. The van der Waals surface area contributed by atoms with Crippen LogP contribution in [0.3, 0.4) is 0 Å². The van der Waals surface area contributed by atoms with Crippen molar-refractivity contribution in [2.75, 3.05) is 18.8 Å². The van der Waals surface area contributed by atoms with Crippen molar-refractivity contribution in [2.45, 2.75) is 18.7 Å². The Balaban J connectivity index is 2.31. The normalized spacial score (nSPS) is 11.5. The molecule has 2 rings (SSSR count). The number of sulfone groups is 1. The van der Waals surface area contributed by atoms with Crippen LogP contribution in [0.2, 0.25) is 0 Å². The summed E-state index contributed by atoms with van der Waals surface area (Å²) in [4.78, 5) is 13.7. The van der Waals surface area contributed by atoms with Crippen LogP contribution in [0.1, 0.15) is 13.8 Å². The van der Waals surface area contributed by atoms with Crippen LogP contribution < -0.4 is 0 Å². The second-order valence-electron chi connectivity index (χ2n) is 4.83. The first kappa shape index (κ1) is 15.5. The van der Waals surface area contributed by atoms with Crippen molar-refractivity contribution < 1.29 is 13.2 Å². The highest BCUT2D eigenvalue weighted by Crippen LogP contribution is 2.20. The first-order valence-electron chi connectivity index (χ1n) is 6.97. The lowest BCUT2D eigenvalue weighted by Crippen LogP contribution is -2.35. The van der Waals surface area contributed by atoms with Gasteiger partial charge in [-0.05, 0) is 36.8 Å². The number of fused-ring (bicyclic) bond motifs is 1. The van der Waals surface area contributed by atoms with Gasteiger partial charge in [0.2, 0.25) is 5.91 Å². The van der Waals surface area contributed by atoms with E-state index in [2.05, 4.69) is 0 Å². The topological polar surface area (TPSA) is 54.5 Å². The van der Waals surface area contributed by atoms with Crippen LogP contribution in [0.5, 0.6) is 0 Å². The van der Waals surface area contributed by atoms with E-state index in [1.807, 2.05) is 38.1 Å². The van der Waals surface area contributed by atoms with Crippen molar-refractivity contribution in [3.05, 3.63) is 42.5 Å². The summed E-state index contributed by atoms with van der Waals surface area (Å²) in [6.07, 6.45) is 0. The Labute approximate surface area is 125 Å². The lowest BCUT2D eigenvalue weighted by atomic mass is 10.1. The molecule has 5 heteroatoms. The van der Waals surface area contributed by atoms with Crippen molar-refractivity contribution in [1.82, 2.24) is 4.90 Å². The Kier molecular flexibility index (Phi) is 4.63. The number of nitrogens with zero attached hydrogens (tertiary/aromatic N) is 1. The summed E-state index contributed by atoms with van der Waals surface area (Å²) in [6, 6.07) is 12.5. The molecule has 21 heavy (non-hydrogen) atoms. The Hall–Kier alpha value is -1.88. The Morgan fingerprint density at radius 1 is 1.00 bits per heavy atom. The molecule has 0 spiro atoms. The smallest absolute Gasteiger partial charge is 0.238 e. The predicted molar refractivity (Wildman–Crippen MR) is 83.9 cm³/mol. The summed E-state index contributed by atoms with van der Waals surface area (Å²) < 4.78 is 24.8. The minimum atomic E-state index is -3.61. The molecular formula is C16H19NO3S. The van der Waals surface area contributed by atoms with Gasteiger partial charge < -0.3 is 4.90 Å². The zero-order valence-corrected chi connectivity index (χ0v) is 13.1. The maximum absolute atomic E-state index is 12.4. The van der Waals surface area contributed by atoms with Crippen molar-refractivity contribution in [2.24, 2.45) is 0 Å². The number of hydrogen-bond donors (Lipinski definition) is 0. The molecule has 0 atom stereocenters. The van der Waals surface area contributed by atoms with E-state index in [0.29, 0.717) is 13.1 Å². The maximum atomic E-state index is 12.4. The average molecular weight is 305 g/mol. The van der Waals surface area contributed by atoms with Crippen LogP contribution in [-0.2, 0) is 14.6 Å². The van der Waals surface area contributed by atoms with Gasteiger partial charge in [0.15, 0.2) is 9.84 Å². The molecule has 2 aromatic carbocycles. The van der Waals surface area contributed by atoms with Gasteiger partial charge in [0, 0.05) is 13.1 Å². The molecule has 0 aliphatic rings. The molecule has 4 nitrogen and oxygen atoms in total. The van der Waals surface area contributed by atoms with Crippen molar-refractivity contribution >= 4 is 26.5 Å². The molecule has 0 unspecified atom stereocenters. The minimum absolute atomic E-state index is 0.196. The maximum Gasteiger partial charge on any atom is 0.238 e. The second kappa shape index (κ2) is 6.26. The van der Waals surface area contributed by atoms with Crippen LogP contribution in [0.15, 0.2) is 47.4 Å². The highest BCUT2D eigenvalue weighted by molar-refractivity contribution is 7.92. The molecule has 0 bridgehead atoms. The molecule has 2 aromatic rings. The first-order chi connectivity index (χ1) is 9.97. The van der Waals surface area contributed by atoms with Crippen LogP contribution in [0.25, 0.3) is 10.8 Å². The van der Waals surface area contributed by atoms with Crippen LogP contribution >= 0.6 is 0 Å². The van der Waals surface area contributed by atoms with Crippen molar-refractivity contribution in [3.63, 3.8) is 0 Å². The third-order valence-corrected chi connectivity index (χ3v) is 5.11. The molecule has 1 amide bonds. The van der Waals surface area contributed by atoms with E-state index in [0.717, 1.165) is 10.8 Å². The molecule has 0 radical (unpaired) electrons. The summed E-state index contributed by atoms with van der Waals surface area (Å²) in [7, 11) is -3.61. The van der Waals surface area contributed by atoms with E-state index >= 15 is 0 Å². The van der Waals surface area contributed by atoms with Gasteiger partial charge >= 0.3 is 0 Å². The molecule has 0 aliphatic heterocycles. The summed E-state index contributed by atoms with van der Waals surface area (Å²) in [5, 5.41) is 1.83. The van der Waals surface area contributed by atoms with Gasteiger partial charge in [-0.1, -0.05) is 30.3 Å². The number of carbonyl (C=O) groups excluding carboxylic acids is 1. The van der Waals surface area contributed by atoms with Crippen molar-refractivity contribution in [1.29, 1.82) is 0 Å². The van der Waals surface area contributed by atoms with Crippen LogP contribution in [0, 0.1) is 0 Å². The van der Waals surface area contributed by atoms with Gasteiger partial charge in [0.25, 0.3) is 0 Å². The number of carbonyl (C=O) groups is 1. The average Bonchev–Trinajstić information content (AvgIpc) is 2.47. The third-order valence-electron chi connectivity index (χ3n) is 3.51. The molecule has 0 N–H and O–H groups in total. The fourth-order valence-electron chi connectivity index (χ4n) is 2.27. The number of hydrogen-bond acceptors (Lipinski definition) is 3. The van der Waals surface area contributed by atoms with Gasteiger partial charge in [-0.15, -0.1) is 0 Å². The fourth-order valence-corrected chi connectivity index (χ4v) is 3.53. The van der Waals surface area contributed by atoms with Gasteiger partial charge in [0.05, 0.1) is 4.90 Å². The van der Waals surface area contributed by atoms with E-state index in [4.69, 9.17) is 0 Å². The van der Waals surface area contributed by atoms with Gasteiger partial charge in [0.1, 0.15) is 5.75 Å². The van der Waals surface area contributed by atoms with E-state index in [-0.39, 0.29) is 10.8 Å². The van der Waals surface area contributed by atoms with Crippen LogP contribution in [0.4, 0.5) is 0 Å². The Morgan fingerprint density at radius 2 is 1.62 bits per heavy atom. The zero-order valence-electron chi connectivity index (χ0n) is 12.2. The SMILES string of the molecule is CCN(CC)C(=O)CS(=O)(=O)c1ccc2ccccc2c1. The largest absolute Gasteiger partial charge is 0.342 e. The van der Waals surface area contributed by atoms with E-state index in [1.54, 1.807) is 18.2 Å². The molecule has 0 fully saturated rings. The third kappa shape index (κ3) is 3.42. The summed E-state index contributed by atoms with van der Waals surface area (Å²) >= 11 is 0. The van der Waals surface area contributed by atoms with E-state index in [9.17, 15) is 13.2 Å². The Bertz CT molecular complexity index is 749. The molecule has 0 aliphatic carbocycles. The minimum Gasteiger partial charge on any atom is -0.342 e. The zero-order chi connectivity index (χ0) is 15.5.